The van der Waals surface area contributed by atoms with Crippen LogP contribution in [0, 0.1) is 17.6 Å². The molecule has 0 saturated carbocycles. The molecule has 134 valence electrons. The fraction of sp³-hybridized carbons (Fsp3) is 0.588. The summed E-state index contributed by atoms with van der Waals surface area (Å²) in [5.74, 6) is -1.25. The van der Waals surface area contributed by atoms with Crippen molar-refractivity contribution in [3.05, 3.63) is 29.8 Å². The van der Waals surface area contributed by atoms with Crippen LogP contribution in [0.5, 0.6) is 5.75 Å². The zero-order valence-electron chi connectivity index (χ0n) is 14.0. The Kier molecular flexibility index (Phi) is 6.36. The number of aliphatic hydroxyl groups excluding tert-OH is 1. The molecule has 24 heavy (non-hydrogen) atoms. The van der Waals surface area contributed by atoms with E-state index < -0.39 is 11.6 Å². The summed E-state index contributed by atoms with van der Waals surface area (Å²) < 4.78 is 31.6. The molecule has 2 rings (SSSR count). The third-order valence-corrected chi connectivity index (χ3v) is 4.26. The largest absolute Gasteiger partial charge is 0.488 e. The number of piperidine rings is 1. The maximum absolute atomic E-state index is 13.5. The first-order valence-corrected chi connectivity index (χ1v) is 8.18. The monoisotopic (exact) mass is 342 g/mol. The minimum Gasteiger partial charge on any atom is -0.488 e. The van der Waals surface area contributed by atoms with Gasteiger partial charge in [0, 0.05) is 19.2 Å². The number of halogens is 2. The molecular formula is C17H24F2N2O3. The van der Waals surface area contributed by atoms with Crippen molar-refractivity contribution in [1.29, 1.82) is 0 Å². The second kappa shape index (κ2) is 8.28. The lowest BCUT2D eigenvalue weighted by Crippen LogP contribution is -2.49. The van der Waals surface area contributed by atoms with Gasteiger partial charge in [-0.05, 0) is 44.7 Å². The molecule has 5 nitrogen and oxygen atoms in total. The first-order valence-electron chi connectivity index (χ1n) is 8.18. The molecule has 1 fully saturated rings. The smallest absolute Gasteiger partial charge is 0.317 e. The number of nitrogens with one attached hydrogen (secondary N) is 1. The van der Waals surface area contributed by atoms with Gasteiger partial charge >= 0.3 is 6.03 Å². The Hall–Kier alpha value is -1.89. The molecule has 1 aromatic rings. The number of aliphatic hydroxyl groups is 1. The number of hydrogen-bond acceptors (Lipinski definition) is 3. The van der Waals surface area contributed by atoms with Crippen molar-refractivity contribution >= 4 is 6.03 Å². The van der Waals surface area contributed by atoms with Crippen molar-refractivity contribution in [2.24, 2.45) is 5.92 Å². The number of rotatable bonds is 5. The van der Waals surface area contributed by atoms with Gasteiger partial charge in [0.1, 0.15) is 12.4 Å². The third kappa shape index (κ3) is 5.06. The third-order valence-electron chi connectivity index (χ3n) is 4.26. The molecule has 1 aromatic carbocycles. The molecule has 2 unspecified atom stereocenters. The summed E-state index contributed by atoms with van der Waals surface area (Å²) in [5, 5.41) is 12.4. The van der Waals surface area contributed by atoms with Crippen LogP contribution in [-0.4, -0.2) is 47.9 Å². The van der Waals surface area contributed by atoms with Gasteiger partial charge in [-0.25, -0.2) is 13.6 Å². The average Bonchev–Trinajstić information content (AvgIpc) is 2.54. The van der Waals surface area contributed by atoms with Gasteiger partial charge in [-0.2, -0.15) is 0 Å². The van der Waals surface area contributed by atoms with Gasteiger partial charge in [0.25, 0.3) is 0 Å². The highest BCUT2D eigenvalue weighted by atomic mass is 19.1. The Bertz CT molecular complexity index is 561. The zero-order chi connectivity index (χ0) is 17.7. The Morgan fingerprint density at radius 1 is 1.38 bits per heavy atom. The highest BCUT2D eigenvalue weighted by molar-refractivity contribution is 5.74. The second-order valence-corrected chi connectivity index (χ2v) is 6.30. The van der Waals surface area contributed by atoms with Crippen LogP contribution in [0.4, 0.5) is 13.6 Å². The van der Waals surface area contributed by atoms with Crippen molar-refractivity contribution in [1.82, 2.24) is 10.2 Å². The standard InChI is InChI=1S/C17H24F2N2O3/c1-11(10-24-16-4-3-14(18)9-15(16)19)20-17(23)21-7-5-13(6-8-21)12(2)22/h3-4,9,11-13,22H,5-8,10H2,1-2H3,(H,20,23). The van der Waals surface area contributed by atoms with Crippen molar-refractivity contribution in [2.45, 2.75) is 38.8 Å². The summed E-state index contributed by atoms with van der Waals surface area (Å²) in [4.78, 5) is 13.9. The van der Waals surface area contributed by atoms with Crippen LogP contribution >= 0.6 is 0 Å². The molecule has 1 aliphatic heterocycles. The van der Waals surface area contributed by atoms with E-state index in [9.17, 15) is 18.7 Å². The zero-order valence-corrected chi connectivity index (χ0v) is 14.0. The lowest BCUT2D eigenvalue weighted by Gasteiger charge is -2.33. The van der Waals surface area contributed by atoms with Crippen LogP contribution in [0.1, 0.15) is 26.7 Å². The van der Waals surface area contributed by atoms with Gasteiger partial charge in [0.15, 0.2) is 11.6 Å². The van der Waals surface area contributed by atoms with E-state index in [1.165, 1.54) is 6.07 Å². The number of likely N-dealkylation sites (tertiary alicyclic amines) is 1. The molecule has 2 amide bonds. The number of nitrogens with zero attached hydrogens (tertiary/aromatic N) is 1. The van der Waals surface area contributed by atoms with E-state index in [0.29, 0.717) is 13.1 Å². The minimum atomic E-state index is -0.770. The summed E-state index contributed by atoms with van der Waals surface area (Å²) in [7, 11) is 0. The molecule has 0 bridgehead atoms. The molecule has 2 N–H and O–H groups in total. The maximum atomic E-state index is 13.5. The normalized spacial score (nSPS) is 18.1. The van der Waals surface area contributed by atoms with Gasteiger partial charge in [-0.15, -0.1) is 0 Å². The van der Waals surface area contributed by atoms with Crippen molar-refractivity contribution in [2.75, 3.05) is 19.7 Å². The maximum Gasteiger partial charge on any atom is 0.317 e. The van der Waals surface area contributed by atoms with E-state index in [1.54, 1.807) is 18.7 Å². The van der Waals surface area contributed by atoms with E-state index in [-0.39, 0.29) is 36.5 Å². The molecular weight excluding hydrogens is 318 g/mol. The number of urea groups is 1. The fourth-order valence-electron chi connectivity index (χ4n) is 2.74. The predicted molar refractivity (Wildman–Crippen MR) is 85.8 cm³/mol. The van der Waals surface area contributed by atoms with Gasteiger partial charge < -0.3 is 20.1 Å². The van der Waals surface area contributed by atoms with Crippen molar-refractivity contribution < 1.29 is 23.4 Å². The lowest BCUT2D eigenvalue weighted by molar-refractivity contribution is 0.0790. The Morgan fingerprint density at radius 2 is 2.04 bits per heavy atom. The Labute approximate surface area is 140 Å². The molecule has 7 heteroatoms. The first-order chi connectivity index (χ1) is 11.4. The molecule has 0 aliphatic carbocycles. The first kappa shape index (κ1) is 18.4. The van der Waals surface area contributed by atoms with Gasteiger partial charge in [0.2, 0.25) is 0 Å². The van der Waals surface area contributed by atoms with Gasteiger partial charge in [-0.1, -0.05) is 0 Å². The average molecular weight is 342 g/mol. The molecule has 0 spiro atoms. The van der Waals surface area contributed by atoms with E-state index in [0.717, 1.165) is 25.0 Å². The number of hydrogen-bond donors (Lipinski definition) is 2. The Balaban J connectivity index is 1.76. The summed E-state index contributed by atoms with van der Waals surface area (Å²) in [5.41, 5.74) is 0. The topological polar surface area (TPSA) is 61.8 Å². The predicted octanol–water partition coefficient (Wildman–Crippen LogP) is 2.53. The number of amides is 2. The van der Waals surface area contributed by atoms with Crippen LogP contribution in [-0.2, 0) is 0 Å². The van der Waals surface area contributed by atoms with E-state index in [2.05, 4.69) is 5.32 Å². The Morgan fingerprint density at radius 3 is 2.62 bits per heavy atom. The summed E-state index contributed by atoms with van der Waals surface area (Å²) in [6, 6.07) is 2.57. The molecule has 1 heterocycles. The van der Waals surface area contributed by atoms with E-state index in [1.807, 2.05) is 0 Å². The van der Waals surface area contributed by atoms with Crippen LogP contribution in [0.2, 0.25) is 0 Å². The second-order valence-electron chi connectivity index (χ2n) is 6.30. The van der Waals surface area contributed by atoms with Gasteiger partial charge in [0.05, 0.1) is 12.1 Å². The van der Waals surface area contributed by atoms with Crippen LogP contribution in [0.3, 0.4) is 0 Å². The summed E-state index contributed by atoms with van der Waals surface area (Å²) in [6.07, 6.45) is 1.20. The number of carbonyl (C=O) groups is 1. The molecule has 1 saturated heterocycles. The number of ether oxygens (including phenoxy) is 1. The summed E-state index contributed by atoms with van der Waals surface area (Å²) >= 11 is 0. The van der Waals surface area contributed by atoms with Gasteiger partial charge in [-0.3, -0.25) is 0 Å². The minimum absolute atomic E-state index is 0.0461. The van der Waals surface area contributed by atoms with Crippen LogP contribution < -0.4 is 10.1 Å². The molecule has 1 aliphatic rings. The fourth-order valence-corrected chi connectivity index (χ4v) is 2.74. The quantitative estimate of drug-likeness (QED) is 0.864. The van der Waals surface area contributed by atoms with E-state index in [4.69, 9.17) is 4.74 Å². The molecule has 0 radical (unpaired) electrons. The number of benzene rings is 1. The molecule has 0 aromatic heterocycles. The highest BCUT2D eigenvalue weighted by Gasteiger charge is 2.26. The number of carbonyl (C=O) groups excluding carboxylic acids is 1. The van der Waals surface area contributed by atoms with E-state index >= 15 is 0 Å². The highest BCUT2D eigenvalue weighted by Crippen LogP contribution is 2.21. The van der Waals surface area contributed by atoms with Crippen LogP contribution in [0.25, 0.3) is 0 Å². The van der Waals surface area contributed by atoms with Crippen LogP contribution in [0.15, 0.2) is 18.2 Å². The molecule has 2 atom stereocenters. The summed E-state index contributed by atoms with van der Waals surface area (Å²) in [6.45, 7) is 4.80. The SMILES string of the molecule is CC(COc1ccc(F)cc1F)NC(=O)N1CCC(C(C)O)CC1. The van der Waals surface area contributed by atoms with Crippen molar-refractivity contribution in [3.8, 4) is 5.75 Å². The van der Waals surface area contributed by atoms with Crippen molar-refractivity contribution in [3.63, 3.8) is 0 Å². The lowest BCUT2D eigenvalue weighted by atomic mass is 9.92.